The maximum atomic E-state index is 12.7. The Morgan fingerprint density at radius 2 is 1.02 bits per heavy atom. The van der Waals surface area contributed by atoms with Gasteiger partial charge in [-0.2, -0.15) is 0 Å². The number of ether oxygens (including phenoxy) is 3. The van der Waals surface area contributed by atoms with Gasteiger partial charge < -0.3 is 28.6 Å². The molecule has 2 unspecified atom stereocenters. The summed E-state index contributed by atoms with van der Waals surface area (Å²) < 4.78 is 17.2. The summed E-state index contributed by atoms with van der Waals surface area (Å²) in [5.74, 6) is -1.78. The van der Waals surface area contributed by atoms with Crippen molar-refractivity contribution < 1.29 is 38.2 Å². The molecule has 0 aromatic heterocycles. The van der Waals surface area contributed by atoms with Gasteiger partial charge in [-0.1, -0.05) is 151 Å². The summed E-state index contributed by atoms with van der Waals surface area (Å²) in [5.41, 5.74) is 0. The Hall–Kier alpha value is -3.23. The van der Waals surface area contributed by atoms with Gasteiger partial charge in [-0.15, -0.1) is 0 Å². The topological polar surface area (TPSA) is 102 Å². The number of esters is 2. The summed E-state index contributed by atoms with van der Waals surface area (Å²) in [4.78, 5) is 36.9. The number of nitrogens with zero attached hydrogens (tertiary/aromatic N) is 1. The van der Waals surface area contributed by atoms with E-state index in [4.69, 9.17) is 14.2 Å². The molecule has 0 saturated carbocycles. The first kappa shape index (κ1) is 54.8. The van der Waals surface area contributed by atoms with Crippen molar-refractivity contribution in [3.05, 3.63) is 72.9 Å². The molecule has 2 atom stereocenters. The highest BCUT2D eigenvalue weighted by atomic mass is 16.6. The van der Waals surface area contributed by atoms with E-state index in [2.05, 4.69) is 86.8 Å². The molecule has 58 heavy (non-hydrogen) atoms. The molecule has 0 amide bonds. The number of unbranched alkanes of at least 4 members (excludes halogenated alkanes) is 15. The van der Waals surface area contributed by atoms with Crippen LogP contribution in [0.25, 0.3) is 0 Å². The van der Waals surface area contributed by atoms with E-state index in [9.17, 15) is 19.5 Å². The van der Waals surface area contributed by atoms with E-state index in [1.165, 1.54) is 44.9 Å². The van der Waals surface area contributed by atoms with E-state index >= 15 is 0 Å². The lowest BCUT2D eigenvalue weighted by molar-refractivity contribution is -0.889. The zero-order valence-corrected chi connectivity index (χ0v) is 37.7. The molecule has 0 spiro atoms. The highest BCUT2D eigenvalue weighted by molar-refractivity contribution is 5.70. The van der Waals surface area contributed by atoms with Crippen LogP contribution in [0.1, 0.15) is 174 Å². The second-order valence-electron chi connectivity index (χ2n) is 16.3. The Balaban J connectivity index is 4.37. The third-order valence-corrected chi connectivity index (χ3v) is 9.85. The lowest BCUT2D eigenvalue weighted by Gasteiger charge is -2.34. The predicted molar refractivity (Wildman–Crippen MR) is 240 cm³/mol. The fraction of sp³-hybridized carbons (Fsp3) is 0.700. The minimum Gasteiger partial charge on any atom is -0.544 e. The van der Waals surface area contributed by atoms with Crippen LogP contribution in [0.5, 0.6) is 0 Å². The van der Waals surface area contributed by atoms with Crippen LogP contribution in [0.2, 0.25) is 0 Å². The second-order valence-corrected chi connectivity index (χ2v) is 16.3. The average molecular weight is 812 g/mol. The van der Waals surface area contributed by atoms with Crippen LogP contribution >= 0.6 is 0 Å². The van der Waals surface area contributed by atoms with Gasteiger partial charge >= 0.3 is 11.9 Å². The van der Waals surface area contributed by atoms with E-state index in [0.29, 0.717) is 12.8 Å². The minimum atomic E-state index is -1.13. The molecule has 0 aromatic carbocycles. The molecular weight excluding hydrogens is 727 g/mol. The summed E-state index contributed by atoms with van der Waals surface area (Å²) in [7, 11) is 5.39. The Morgan fingerprint density at radius 3 is 1.53 bits per heavy atom. The maximum Gasteiger partial charge on any atom is 0.306 e. The van der Waals surface area contributed by atoms with Crippen LogP contribution in [-0.4, -0.2) is 75.5 Å². The number of carboxylic acid groups (broad SMARTS) is 1. The number of hydrogen-bond acceptors (Lipinski definition) is 7. The Labute approximate surface area is 355 Å². The third kappa shape index (κ3) is 38.3. The number of carbonyl (C=O) groups is 3. The third-order valence-electron chi connectivity index (χ3n) is 9.85. The van der Waals surface area contributed by atoms with Gasteiger partial charge in [-0.25, -0.2) is 0 Å². The number of allylic oxidation sites excluding steroid dienone is 12. The van der Waals surface area contributed by atoms with E-state index in [0.717, 1.165) is 96.3 Å². The van der Waals surface area contributed by atoms with Gasteiger partial charge in [0.2, 0.25) is 0 Å². The molecule has 332 valence electrons. The fourth-order valence-corrected chi connectivity index (χ4v) is 6.29. The van der Waals surface area contributed by atoms with Gasteiger partial charge in [0.1, 0.15) is 12.6 Å². The van der Waals surface area contributed by atoms with Crippen molar-refractivity contribution in [3.8, 4) is 0 Å². The monoisotopic (exact) mass is 812 g/mol. The molecule has 0 aromatic rings. The Kier molecular flexibility index (Phi) is 38.3. The zero-order valence-electron chi connectivity index (χ0n) is 37.7. The first-order valence-electron chi connectivity index (χ1n) is 23.0. The molecule has 0 aliphatic heterocycles. The minimum absolute atomic E-state index is 0.0277. The normalized spacial score (nSPS) is 13.6. The van der Waals surface area contributed by atoms with E-state index in [1.807, 2.05) is 0 Å². The molecular formula is C50H85NO7. The van der Waals surface area contributed by atoms with Crippen LogP contribution in [0.15, 0.2) is 72.9 Å². The number of carbonyl (C=O) groups excluding carboxylic acids is 3. The van der Waals surface area contributed by atoms with E-state index in [-0.39, 0.29) is 42.7 Å². The number of rotatable bonds is 40. The SMILES string of the molecule is CC/C=C/C/C=C/C/C=C/C/C=C/CCCCCCCCC(=O)OCC(COCCC(C(=O)[O-])[N+](C)(C)C)OC(=O)CCCCCCCC/C=C/C=C/CCCCC. The fourth-order valence-electron chi connectivity index (χ4n) is 6.29. The van der Waals surface area contributed by atoms with Gasteiger partial charge in [0.25, 0.3) is 0 Å². The second kappa shape index (κ2) is 40.5. The number of hydrogen-bond donors (Lipinski definition) is 0. The van der Waals surface area contributed by atoms with E-state index < -0.39 is 18.1 Å². The average Bonchev–Trinajstić information content (AvgIpc) is 3.18. The van der Waals surface area contributed by atoms with Gasteiger partial charge in [0, 0.05) is 19.3 Å². The molecule has 0 saturated heterocycles. The molecule has 0 rings (SSSR count). The van der Waals surface area contributed by atoms with Gasteiger partial charge in [0.15, 0.2) is 6.10 Å². The zero-order chi connectivity index (χ0) is 42.8. The first-order chi connectivity index (χ1) is 28.1. The first-order valence-corrected chi connectivity index (χ1v) is 23.0. The smallest absolute Gasteiger partial charge is 0.306 e. The quantitative estimate of drug-likeness (QED) is 0.0200. The molecule has 0 radical (unpaired) electrons. The molecule has 0 aliphatic rings. The van der Waals surface area contributed by atoms with Crippen LogP contribution in [0, 0.1) is 0 Å². The van der Waals surface area contributed by atoms with Crippen molar-refractivity contribution in [2.45, 2.75) is 187 Å². The summed E-state index contributed by atoms with van der Waals surface area (Å²) in [5, 5.41) is 11.6. The Morgan fingerprint density at radius 1 is 0.552 bits per heavy atom. The number of carboxylic acids is 1. The highest BCUT2D eigenvalue weighted by Crippen LogP contribution is 2.13. The molecule has 8 nitrogen and oxygen atoms in total. The molecule has 0 aliphatic carbocycles. The van der Waals surface area contributed by atoms with E-state index in [1.54, 1.807) is 21.1 Å². The van der Waals surface area contributed by atoms with Crippen molar-refractivity contribution in [1.29, 1.82) is 0 Å². The van der Waals surface area contributed by atoms with Crippen LogP contribution in [0.3, 0.4) is 0 Å². The van der Waals surface area contributed by atoms with Crippen molar-refractivity contribution >= 4 is 17.9 Å². The summed E-state index contributed by atoms with van der Waals surface area (Å²) in [6.07, 6.45) is 50.6. The largest absolute Gasteiger partial charge is 0.544 e. The summed E-state index contributed by atoms with van der Waals surface area (Å²) >= 11 is 0. The summed E-state index contributed by atoms with van der Waals surface area (Å²) in [6, 6.07) is -0.733. The highest BCUT2D eigenvalue weighted by Gasteiger charge is 2.25. The van der Waals surface area contributed by atoms with Gasteiger partial charge in [-0.05, 0) is 77.0 Å². The van der Waals surface area contributed by atoms with Crippen molar-refractivity contribution in [1.82, 2.24) is 0 Å². The van der Waals surface area contributed by atoms with Crippen LogP contribution in [0.4, 0.5) is 0 Å². The number of likely N-dealkylation sites (N-methyl/N-ethyl adjacent to an activating group) is 1. The lowest BCUT2D eigenvalue weighted by atomic mass is 10.1. The van der Waals surface area contributed by atoms with Crippen molar-refractivity contribution in [3.63, 3.8) is 0 Å². The van der Waals surface area contributed by atoms with Crippen LogP contribution in [-0.2, 0) is 28.6 Å². The summed E-state index contributed by atoms with van der Waals surface area (Å²) in [6.45, 7) is 4.48. The number of aliphatic carboxylic acids is 1. The maximum absolute atomic E-state index is 12.7. The van der Waals surface area contributed by atoms with Crippen molar-refractivity contribution in [2.24, 2.45) is 0 Å². The molecule has 0 bridgehead atoms. The number of quaternary nitrogens is 1. The van der Waals surface area contributed by atoms with Gasteiger partial charge in [0.05, 0.1) is 40.3 Å². The molecule has 0 N–H and O–H groups in total. The van der Waals surface area contributed by atoms with Crippen molar-refractivity contribution in [2.75, 3.05) is 41.0 Å². The van der Waals surface area contributed by atoms with Gasteiger partial charge in [-0.3, -0.25) is 9.59 Å². The molecule has 8 heteroatoms. The standard InChI is InChI=1S/C50H85NO7/c1-6-8-10-12-14-16-18-20-22-23-24-25-27-28-30-32-34-36-38-40-48(52)57-45-46(44-56-43-42-47(50(54)55)51(3,4)5)58-49(53)41-39-37-35-33-31-29-26-21-19-17-15-13-11-9-7-2/h8,10,14-17,19-22,24-25,46-47H,6-7,9,11-13,18,23,26-45H2,1-5H3/b10-8+,16-14+,17-15+,21-19+,22-20+,25-24+. The lowest BCUT2D eigenvalue weighted by Crippen LogP contribution is -2.55. The molecule has 0 heterocycles. The van der Waals surface area contributed by atoms with Crippen LogP contribution < -0.4 is 5.11 Å². The molecule has 0 fully saturated rings. The predicted octanol–water partition coefficient (Wildman–Crippen LogP) is 11.4. The Bertz CT molecular complexity index is 1180.